The average Bonchev–Trinajstić information content (AvgIpc) is 3.24. The van der Waals surface area contributed by atoms with E-state index in [1.54, 1.807) is 11.0 Å². The Bertz CT molecular complexity index is 749. The quantitative estimate of drug-likeness (QED) is 0.459. The van der Waals surface area contributed by atoms with Crippen molar-refractivity contribution in [1.29, 1.82) is 0 Å². The molecule has 6 heteroatoms. The SMILES string of the molecule is CCCCOC(=O)[C@H]1[C@H]2C(=O)N(c3ccccc3Cl)C[C@]23C=C[C@H]1O3. The van der Waals surface area contributed by atoms with Crippen molar-refractivity contribution < 1.29 is 19.1 Å². The highest BCUT2D eigenvalue weighted by Gasteiger charge is 2.67. The number of rotatable bonds is 5. The van der Waals surface area contributed by atoms with E-state index >= 15 is 0 Å². The molecule has 2 saturated heterocycles. The highest BCUT2D eigenvalue weighted by molar-refractivity contribution is 6.34. The fourth-order valence-electron chi connectivity index (χ4n) is 4.06. The van der Waals surface area contributed by atoms with Gasteiger partial charge in [-0.2, -0.15) is 0 Å². The van der Waals surface area contributed by atoms with Crippen LogP contribution in [0.5, 0.6) is 0 Å². The highest BCUT2D eigenvalue weighted by atomic mass is 35.5. The number of hydrogen-bond acceptors (Lipinski definition) is 4. The second-order valence-corrected chi connectivity index (χ2v) is 7.20. The monoisotopic (exact) mass is 361 g/mol. The van der Waals surface area contributed by atoms with Gasteiger partial charge in [-0.3, -0.25) is 9.59 Å². The van der Waals surface area contributed by atoms with Crippen molar-refractivity contribution >= 4 is 29.2 Å². The number of ether oxygens (including phenoxy) is 2. The van der Waals surface area contributed by atoms with Gasteiger partial charge in [0.2, 0.25) is 5.91 Å². The third kappa shape index (κ3) is 2.49. The predicted octanol–water partition coefficient (Wildman–Crippen LogP) is 2.97. The Kier molecular flexibility index (Phi) is 4.08. The van der Waals surface area contributed by atoms with Crippen LogP contribution in [0.4, 0.5) is 5.69 Å². The number of nitrogens with zero attached hydrogens (tertiary/aromatic N) is 1. The van der Waals surface area contributed by atoms with E-state index < -0.39 is 17.4 Å². The van der Waals surface area contributed by atoms with E-state index in [0.29, 0.717) is 23.9 Å². The second-order valence-electron chi connectivity index (χ2n) is 6.80. The minimum atomic E-state index is -0.755. The number of carbonyl (C=O) groups excluding carboxylic acids is 2. The molecule has 3 aliphatic heterocycles. The number of esters is 1. The molecule has 2 bridgehead atoms. The average molecular weight is 362 g/mol. The molecule has 0 saturated carbocycles. The number of unbranched alkanes of at least 4 members (excludes halogenated alkanes) is 1. The molecule has 4 atom stereocenters. The van der Waals surface area contributed by atoms with E-state index in [0.717, 1.165) is 12.8 Å². The summed E-state index contributed by atoms with van der Waals surface area (Å²) in [6, 6.07) is 7.22. The zero-order chi connectivity index (χ0) is 17.6. The summed E-state index contributed by atoms with van der Waals surface area (Å²) in [5.41, 5.74) is -0.105. The summed E-state index contributed by atoms with van der Waals surface area (Å²) in [6.07, 6.45) is 5.19. The van der Waals surface area contributed by atoms with Crippen LogP contribution in [0.2, 0.25) is 5.02 Å². The molecule has 3 heterocycles. The van der Waals surface area contributed by atoms with Gasteiger partial charge in [0, 0.05) is 0 Å². The van der Waals surface area contributed by atoms with Gasteiger partial charge in [0.25, 0.3) is 0 Å². The maximum atomic E-state index is 13.1. The van der Waals surface area contributed by atoms with E-state index in [1.807, 2.05) is 37.3 Å². The third-order valence-electron chi connectivity index (χ3n) is 5.26. The Hall–Kier alpha value is -1.85. The minimum Gasteiger partial charge on any atom is -0.465 e. The summed E-state index contributed by atoms with van der Waals surface area (Å²) < 4.78 is 11.5. The molecule has 1 amide bonds. The molecule has 0 N–H and O–H groups in total. The molecule has 132 valence electrons. The van der Waals surface area contributed by atoms with Gasteiger partial charge in [0.1, 0.15) is 11.5 Å². The van der Waals surface area contributed by atoms with Crippen LogP contribution in [-0.2, 0) is 19.1 Å². The first kappa shape index (κ1) is 16.6. The van der Waals surface area contributed by atoms with Crippen LogP contribution >= 0.6 is 11.6 Å². The molecule has 4 rings (SSSR count). The van der Waals surface area contributed by atoms with E-state index in [-0.39, 0.29) is 18.0 Å². The van der Waals surface area contributed by atoms with Crippen molar-refractivity contribution in [2.24, 2.45) is 11.8 Å². The molecule has 3 aliphatic rings. The van der Waals surface area contributed by atoms with Crippen LogP contribution in [0.25, 0.3) is 0 Å². The van der Waals surface area contributed by atoms with E-state index in [4.69, 9.17) is 21.1 Å². The number of hydrogen-bond donors (Lipinski definition) is 0. The first-order valence-electron chi connectivity index (χ1n) is 8.67. The van der Waals surface area contributed by atoms with Crippen molar-refractivity contribution in [3.8, 4) is 0 Å². The molecule has 5 nitrogen and oxygen atoms in total. The van der Waals surface area contributed by atoms with Gasteiger partial charge < -0.3 is 14.4 Å². The standard InChI is InChI=1S/C19H20ClNO4/c1-2-3-10-24-18(23)15-14-8-9-19(25-14)11-21(17(22)16(15)19)13-7-5-4-6-12(13)20/h4-9,14-16H,2-3,10-11H2,1H3/t14-,15-,16+,19-/m1/s1. The Balaban J connectivity index is 1.61. The lowest BCUT2D eigenvalue weighted by Gasteiger charge is -2.22. The van der Waals surface area contributed by atoms with Crippen LogP contribution in [0.3, 0.4) is 0 Å². The zero-order valence-electron chi connectivity index (χ0n) is 14.0. The van der Waals surface area contributed by atoms with Gasteiger partial charge in [-0.05, 0) is 18.6 Å². The Morgan fingerprint density at radius 1 is 1.44 bits per heavy atom. The molecule has 0 aromatic heterocycles. The first-order valence-corrected chi connectivity index (χ1v) is 9.05. The number of halogens is 1. The minimum absolute atomic E-state index is 0.127. The summed E-state index contributed by atoms with van der Waals surface area (Å²) in [6.45, 7) is 2.78. The largest absolute Gasteiger partial charge is 0.465 e. The van der Waals surface area contributed by atoms with Crippen LogP contribution < -0.4 is 4.90 Å². The lowest BCUT2D eigenvalue weighted by Crippen LogP contribution is -2.40. The van der Waals surface area contributed by atoms with Crippen LogP contribution in [0.1, 0.15) is 19.8 Å². The molecule has 1 aromatic carbocycles. The number of benzene rings is 1. The molecule has 1 spiro atoms. The van der Waals surface area contributed by atoms with Gasteiger partial charge in [-0.25, -0.2) is 0 Å². The van der Waals surface area contributed by atoms with Crippen LogP contribution in [0, 0.1) is 11.8 Å². The van der Waals surface area contributed by atoms with E-state index in [9.17, 15) is 9.59 Å². The maximum Gasteiger partial charge on any atom is 0.312 e. The predicted molar refractivity (Wildman–Crippen MR) is 93.4 cm³/mol. The highest BCUT2D eigenvalue weighted by Crippen LogP contribution is 2.53. The zero-order valence-corrected chi connectivity index (χ0v) is 14.7. The Labute approximate surface area is 151 Å². The van der Waals surface area contributed by atoms with Gasteiger partial charge in [-0.1, -0.05) is 49.2 Å². The smallest absolute Gasteiger partial charge is 0.312 e. The van der Waals surface area contributed by atoms with Gasteiger partial charge in [-0.15, -0.1) is 0 Å². The fraction of sp³-hybridized carbons (Fsp3) is 0.474. The molecule has 2 fully saturated rings. The molecule has 0 radical (unpaired) electrons. The van der Waals surface area contributed by atoms with Crippen molar-refractivity contribution in [1.82, 2.24) is 0 Å². The molecule has 25 heavy (non-hydrogen) atoms. The normalized spacial score (nSPS) is 32.3. The van der Waals surface area contributed by atoms with Crippen molar-refractivity contribution in [3.63, 3.8) is 0 Å². The summed E-state index contributed by atoms with van der Waals surface area (Å²) in [4.78, 5) is 27.3. The van der Waals surface area contributed by atoms with Gasteiger partial charge in [0.05, 0.1) is 35.9 Å². The Morgan fingerprint density at radius 2 is 2.24 bits per heavy atom. The molecule has 1 aromatic rings. The van der Waals surface area contributed by atoms with Gasteiger partial charge >= 0.3 is 5.97 Å². The first-order chi connectivity index (χ1) is 12.1. The third-order valence-corrected chi connectivity index (χ3v) is 5.58. The molecule has 0 unspecified atom stereocenters. The summed E-state index contributed by atoms with van der Waals surface area (Å²) in [7, 11) is 0. The fourth-order valence-corrected chi connectivity index (χ4v) is 4.29. The maximum absolute atomic E-state index is 13.1. The number of anilines is 1. The molecular weight excluding hydrogens is 342 g/mol. The van der Waals surface area contributed by atoms with Crippen molar-refractivity contribution in [3.05, 3.63) is 41.4 Å². The van der Waals surface area contributed by atoms with Crippen LogP contribution in [0.15, 0.2) is 36.4 Å². The van der Waals surface area contributed by atoms with Crippen LogP contribution in [-0.4, -0.2) is 36.7 Å². The summed E-state index contributed by atoms with van der Waals surface area (Å²) in [5, 5.41) is 0.507. The molecular formula is C19H20ClNO4. The Morgan fingerprint density at radius 3 is 3.00 bits per heavy atom. The number of amides is 1. The van der Waals surface area contributed by atoms with Crippen molar-refractivity contribution in [2.75, 3.05) is 18.1 Å². The van der Waals surface area contributed by atoms with E-state index in [1.165, 1.54) is 0 Å². The van der Waals surface area contributed by atoms with Gasteiger partial charge in [0.15, 0.2) is 0 Å². The topological polar surface area (TPSA) is 55.8 Å². The second kappa shape index (κ2) is 6.15. The summed E-state index contributed by atoms with van der Waals surface area (Å²) >= 11 is 6.26. The summed E-state index contributed by atoms with van der Waals surface area (Å²) in [5.74, 6) is -1.60. The lowest BCUT2D eigenvalue weighted by molar-refractivity contribution is -0.152. The number of para-hydroxylation sites is 1. The lowest BCUT2D eigenvalue weighted by atomic mass is 9.77. The molecule has 0 aliphatic carbocycles. The number of carbonyl (C=O) groups is 2. The van der Waals surface area contributed by atoms with E-state index in [2.05, 4.69) is 0 Å². The van der Waals surface area contributed by atoms with Crippen molar-refractivity contribution in [2.45, 2.75) is 31.5 Å². The number of fused-ring (bicyclic) bond motifs is 1.